The maximum atomic E-state index is 13.6. The number of aliphatic carboxylic acids is 1. The van der Waals surface area contributed by atoms with E-state index >= 15 is 0 Å². The standard InChI is InChI=1S/C39H49N3O10/c1-21(35(48)42-29(36(49)50)16-22-19-40-28-7-5-4-6-25(22)28)41-32(46)10-11-33(47)52-20-31(45)39(51)15-13-27-26-9-8-23-17-24(43)12-14-37(23,2)34(26)30(44)18-38(27,39)3/h4-7,17,19,21,26-27,29-30,34,40,44,51H,8-16,18,20H2,1-3H3,(H,41,46)(H,42,48)(H,49,50)/t21-,26-,27+,29+,30-,34-,37-,38-,39-/m0/s1. The Morgan fingerprint density at radius 1 is 1.04 bits per heavy atom. The first-order valence-corrected chi connectivity index (χ1v) is 18.3. The van der Waals surface area contributed by atoms with Gasteiger partial charge in [-0.25, -0.2) is 4.79 Å². The summed E-state index contributed by atoms with van der Waals surface area (Å²) >= 11 is 0. The number of amides is 2. The zero-order valence-electron chi connectivity index (χ0n) is 29.9. The van der Waals surface area contributed by atoms with Crippen LogP contribution in [0.2, 0.25) is 0 Å². The Kier molecular flexibility index (Phi) is 10.2. The molecule has 6 rings (SSSR count). The Morgan fingerprint density at radius 2 is 1.79 bits per heavy atom. The number of ether oxygens (including phenoxy) is 1. The molecule has 0 radical (unpaired) electrons. The molecule has 0 unspecified atom stereocenters. The lowest BCUT2D eigenvalue weighted by Crippen LogP contribution is -2.62. The second-order valence-electron chi connectivity index (χ2n) is 15.8. The van der Waals surface area contributed by atoms with Crippen LogP contribution in [-0.4, -0.2) is 86.0 Å². The Bertz CT molecular complexity index is 1820. The molecule has 13 heteroatoms. The number of ketones is 2. The molecule has 0 spiro atoms. The molecule has 2 amide bonds. The second kappa shape index (κ2) is 14.2. The number of hydrogen-bond donors (Lipinski definition) is 6. The molecule has 6 N–H and O–H groups in total. The van der Waals surface area contributed by atoms with Crippen molar-refractivity contribution in [3.05, 3.63) is 47.7 Å². The molecule has 0 saturated heterocycles. The second-order valence-corrected chi connectivity index (χ2v) is 15.8. The highest BCUT2D eigenvalue weighted by atomic mass is 16.5. The number of H-pyrrole nitrogens is 1. The number of carbonyl (C=O) groups excluding carboxylic acids is 5. The van der Waals surface area contributed by atoms with Gasteiger partial charge in [0.2, 0.25) is 17.6 Å². The van der Waals surface area contributed by atoms with Gasteiger partial charge < -0.3 is 35.7 Å². The number of aromatic nitrogens is 1. The number of rotatable bonds is 12. The van der Waals surface area contributed by atoms with Crippen LogP contribution in [0.1, 0.15) is 84.1 Å². The molecule has 2 aromatic rings. The van der Waals surface area contributed by atoms with Gasteiger partial charge in [0.25, 0.3) is 0 Å². The van der Waals surface area contributed by atoms with E-state index in [1.54, 1.807) is 12.3 Å². The highest BCUT2D eigenvalue weighted by Crippen LogP contribution is 2.67. The SMILES string of the molecule is C[C@H](NC(=O)CCC(=O)OCC(=O)[C@@]1(O)CC[C@@H]2[C@@H]3CCC4=CC(=O)CC[C@]4(C)[C@@H]3[C@@H](O)C[C@@]21C)C(=O)N[C@H](Cc1c[nH]c2ccccc12)C(=O)O. The Hall–Kier alpha value is -4.36. The van der Waals surface area contributed by atoms with Crippen LogP contribution in [0.15, 0.2) is 42.1 Å². The number of carbonyl (C=O) groups is 6. The maximum Gasteiger partial charge on any atom is 0.326 e. The van der Waals surface area contributed by atoms with Crippen molar-refractivity contribution in [3.63, 3.8) is 0 Å². The summed E-state index contributed by atoms with van der Waals surface area (Å²) in [5, 5.41) is 39.0. The van der Waals surface area contributed by atoms with Gasteiger partial charge in [-0.1, -0.05) is 37.6 Å². The third-order valence-electron chi connectivity index (χ3n) is 12.9. The Morgan fingerprint density at radius 3 is 2.54 bits per heavy atom. The zero-order valence-corrected chi connectivity index (χ0v) is 29.9. The molecule has 1 aromatic heterocycles. The van der Waals surface area contributed by atoms with Gasteiger partial charge in [-0.2, -0.15) is 0 Å². The van der Waals surface area contributed by atoms with Crippen LogP contribution < -0.4 is 10.6 Å². The number of Topliss-reactive ketones (excluding diaryl/α,β-unsaturated/α-hetero) is 1. The summed E-state index contributed by atoms with van der Waals surface area (Å²) in [4.78, 5) is 78.7. The average molecular weight is 720 g/mol. The lowest BCUT2D eigenvalue weighted by atomic mass is 9.45. The van der Waals surface area contributed by atoms with Crippen molar-refractivity contribution in [2.75, 3.05) is 6.61 Å². The number of hydrogen-bond acceptors (Lipinski definition) is 9. The van der Waals surface area contributed by atoms with Crippen molar-refractivity contribution in [1.82, 2.24) is 15.6 Å². The first-order valence-electron chi connectivity index (χ1n) is 18.3. The number of fused-ring (bicyclic) bond motifs is 6. The minimum absolute atomic E-state index is 0.0218. The lowest BCUT2D eigenvalue weighted by Gasteiger charge is -2.60. The predicted molar refractivity (Wildman–Crippen MR) is 187 cm³/mol. The first kappa shape index (κ1) is 37.4. The predicted octanol–water partition coefficient (Wildman–Crippen LogP) is 2.91. The third-order valence-corrected chi connectivity index (χ3v) is 12.9. The average Bonchev–Trinajstić information content (AvgIpc) is 3.63. The van der Waals surface area contributed by atoms with Gasteiger partial charge in [0.05, 0.1) is 12.5 Å². The van der Waals surface area contributed by atoms with Crippen molar-refractivity contribution < 1.29 is 48.8 Å². The van der Waals surface area contributed by atoms with Gasteiger partial charge >= 0.3 is 11.9 Å². The summed E-state index contributed by atoms with van der Waals surface area (Å²) < 4.78 is 5.22. The molecule has 4 aliphatic carbocycles. The van der Waals surface area contributed by atoms with E-state index < -0.39 is 65.3 Å². The minimum Gasteiger partial charge on any atom is -0.480 e. The quantitative estimate of drug-likeness (QED) is 0.177. The molecule has 3 saturated carbocycles. The lowest BCUT2D eigenvalue weighted by molar-refractivity contribution is -0.184. The number of allylic oxidation sites excluding steroid dienone is 1. The molecular weight excluding hydrogens is 670 g/mol. The van der Waals surface area contributed by atoms with Crippen LogP contribution in [0.3, 0.4) is 0 Å². The fourth-order valence-electron chi connectivity index (χ4n) is 10.1. The van der Waals surface area contributed by atoms with E-state index in [4.69, 9.17) is 4.74 Å². The van der Waals surface area contributed by atoms with Crippen molar-refractivity contribution in [2.24, 2.45) is 28.6 Å². The summed E-state index contributed by atoms with van der Waals surface area (Å²) in [6.07, 6.45) is 5.61. The number of nitrogens with one attached hydrogen (secondary N) is 3. The zero-order chi connectivity index (χ0) is 37.6. The highest BCUT2D eigenvalue weighted by molar-refractivity contribution is 5.93. The van der Waals surface area contributed by atoms with Crippen molar-refractivity contribution in [2.45, 2.75) is 109 Å². The molecule has 280 valence electrons. The summed E-state index contributed by atoms with van der Waals surface area (Å²) in [6.45, 7) is 4.71. The number of aliphatic hydroxyl groups excluding tert-OH is 1. The molecule has 0 aliphatic heterocycles. The molecule has 13 nitrogen and oxygen atoms in total. The Balaban J connectivity index is 0.978. The van der Waals surface area contributed by atoms with E-state index in [1.165, 1.54) is 6.92 Å². The van der Waals surface area contributed by atoms with Gasteiger partial charge in [0.1, 0.15) is 17.7 Å². The number of benzene rings is 1. The summed E-state index contributed by atoms with van der Waals surface area (Å²) in [6, 6.07) is 5.04. The molecule has 1 aromatic carbocycles. The fraction of sp³-hybridized carbons (Fsp3) is 0.590. The number of carboxylic acid groups (broad SMARTS) is 1. The monoisotopic (exact) mass is 719 g/mol. The van der Waals surface area contributed by atoms with Gasteiger partial charge in [-0.15, -0.1) is 0 Å². The van der Waals surface area contributed by atoms with Crippen LogP contribution in [-0.2, 0) is 39.9 Å². The fourth-order valence-corrected chi connectivity index (χ4v) is 10.1. The largest absolute Gasteiger partial charge is 0.480 e. The van der Waals surface area contributed by atoms with Gasteiger partial charge in [-0.3, -0.25) is 24.0 Å². The van der Waals surface area contributed by atoms with E-state index in [0.717, 1.165) is 29.3 Å². The van der Waals surface area contributed by atoms with Crippen LogP contribution in [0.4, 0.5) is 0 Å². The smallest absolute Gasteiger partial charge is 0.326 e. The highest BCUT2D eigenvalue weighted by Gasteiger charge is 2.68. The van der Waals surface area contributed by atoms with Gasteiger partial charge in [-0.05, 0) is 86.3 Å². The number of aromatic amines is 1. The summed E-state index contributed by atoms with van der Waals surface area (Å²) in [5.41, 5.74) is -0.382. The molecular formula is C39H49N3O10. The van der Waals surface area contributed by atoms with Crippen LogP contribution >= 0.6 is 0 Å². The minimum atomic E-state index is -1.80. The molecule has 1 heterocycles. The normalized spacial score (nSPS) is 32.0. The first-order chi connectivity index (χ1) is 24.6. The molecule has 9 atom stereocenters. The molecule has 4 aliphatic rings. The van der Waals surface area contributed by atoms with E-state index in [-0.39, 0.29) is 61.1 Å². The number of esters is 1. The van der Waals surface area contributed by atoms with Crippen molar-refractivity contribution in [3.8, 4) is 0 Å². The molecule has 52 heavy (non-hydrogen) atoms. The van der Waals surface area contributed by atoms with E-state index in [1.807, 2.05) is 31.2 Å². The van der Waals surface area contributed by atoms with Crippen LogP contribution in [0.5, 0.6) is 0 Å². The summed E-state index contributed by atoms with van der Waals surface area (Å²) in [7, 11) is 0. The molecule has 0 bridgehead atoms. The number of aliphatic hydroxyl groups is 2. The van der Waals surface area contributed by atoms with Crippen LogP contribution in [0.25, 0.3) is 10.9 Å². The number of para-hydroxylation sites is 1. The van der Waals surface area contributed by atoms with Crippen molar-refractivity contribution >= 4 is 46.2 Å². The van der Waals surface area contributed by atoms with E-state index in [9.17, 15) is 44.1 Å². The van der Waals surface area contributed by atoms with Crippen molar-refractivity contribution in [1.29, 1.82) is 0 Å². The summed E-state index contributed by atoms with van der Waals surface area (Å²) in [5.74, 6) is -3.96. The third kappa shape index (κ3) is 6.68. The van der Waals surface area contributed by atoms with Crippen LogP contribution in [0, 0.1) is 28.6 Å². The number of carboxylic acids is 1. The van der Waals surface area contributed by atoms with E-state index in [0.29, 0.717) is 24.8 Å². The molecule has 3 fully saturated rings. The van der Waals surface area contributed by atoms with Gasteiger partial charge in [0, 0.05) is 41.8 Å². The maximum absolute atomic E-state index is 13.6. The topological polar surface area (TPSA) is 212 Å². The van der Waals surface area contributed by atoms with Gasteiger partial charge in [0.15, 0.2) is 12.4 Å². The van der Waals surface area contributed by atoms with E-state index in [2.05, 4.69) is 22.5 Å². The Labute approximate surface area is 301 Å².